The molecule has 2 bridgehead atoms. The number of hydrogen-bond acceptors (Lipinski definition) is 6. The van der Waals surface area contributed by atoms with E-state index < -0.39 is 16.0 Å². The van der Waals surface area contributed by atoms with E-state index in [1.165, 1.54) is 22.4 Å². The largest absolute Gasteiger partial charge is 0.349 e. The first-order chi connectivity index (χ1) is 13.2. The average molecular weight is 410 g/mol. The SMILES string of the molecule is CCOC1(OCC)CC2c3c(C)cccc3C1c1cccc[n+]12.[O-][Cl+3]([O-])([O-])[O-]. The summed E-state index contributed by atoms with van der Waals surface area (Å²) in [6.45, 7) is 7.65. The van der Waals surface area contributed by atoms with Crippen molar-refractivity contribution >= 4 is 0 Å². The Balaban J connectivity index is 0.000000403. The summed E-state index contributed by atoms with van der Waals surface area (Å²) >= 11 is 0. The van der Waals surface area contributed by atoms with Gasteiger partial charge in [-0.1, -0.05) is 24.3 Å². The Morgan fingerprint density at radius 3 is 2.29 bits per heavy atom. The minimum Gasteiger partial charge on any atom is -0.349 e. The quantitative estimate of drug-likeness (QED) is 0.459. The monoisotopic (exact) mass is 409 g/mol. The van der Waals surface area contributed by atoms with Crippen LogP contribution in [0.5, 0.6) is 0 Å². The zero-order valence-corrected chi connectivity index (χ0v) is 16.8. The smallest absolute Gasteiger partial charge is 0.194 e. The predicted octanol–water partition coefficient (Wildman–Crippen LogP) is -1.27. The molecule has 0 N–H and O–H groups in total. The molecule has 0 radical (unpaired) electrons. The third-order valence-electron chi connectivity index (χ3n) is 5.25. The lowest BCUT2D eigenvalue weighted by molar-refractivity contribution is -2.00. The number of aromatic nitrogens is 1. The lowest BCUT2D eigenvalue weighted by atomic mass is 9.69. The molecule has 2 atom stereocenters. The minimum absolute atomic E-state index is 0.128. The van der Waals surface area contributed by atoms with Crippen LogP contribution in [0.1, 0.15) is 54.6 Å². The average Bonchev–Trinajstić information content (AvgIpc) is 2.61. The van der Waals surface area contributed by atoms with Crippen LogP contribution in [0.4, 0.5) is 0 Å². The number of aryl methyl sites for hydroxylation is 1. The maximum absolute atomic E-state index is 8.49. The molecule has 0 saturated carbocycles. The van der Waals surface area contributed by atoms with E-state index in [1.54, 1.807) is 0 Å². The van der Waals surface area contributed by atoms with Crippen molar-refractivity contribution in [3.8, 4) is 0 Å². The Morgan fingerprint density at radius 2 is 1.68 bits per heavy atom. The Kier molecular flexibility index (Phi) is 6.07. The highest BCUT2D eigenvalue weighted by Gasteiger charge is 2.59. The zero-order chi connectivity index (χ0) is 20.5. The van der Waals surface area contributed by atoms with Crippen LogP contribution >= 0.6 is 0 Å². The molecule has 5 rings (SSSR count). The Labute approximate surface area is 166 Å². The molecule has 0 fully saturated rings. The summed E-state index contributed by atoms with van der Waals surface area (Å²) in [7, 11) is -4.94. The highest BCUT2D eigenvalue weighted by atomic mass is 35.7. The van der Waals surface area contributed by atoms with E-state index in [9.17, 15) is 0 Å². The van der Waals surface area contributed by atoms with Crippen molar-refractivity contribution in [3.05, 3.63) is 65.0 Å². The Morgan fingerprint density at radius 1 is 1.04 bits per heavy atom. The summed E-state index contributed by atoms with van der Waals surface area (Å²) in [5, 5.41) is 0. The van der Waals surface area contributed by atoms with E-state index in [2.05, 4.69) is 67.9 Å². The van der Waals surface area contributed by atoms with Crippen LogP contribution in [0.25, 0.3) is 0 Å². The fourth-order valence-corrected chi connectivity index (χ4v) is 4.57. The third kappa shape index (κ3) is 3.92. The topological polar surface area (TPSA) is 115 Å². The second-order valence-electron chi connectivity index (χ2n) is 6.82. The molecule has 0 spiro atoms. The first-order valence-corrected chi connectivity index (χ1v) is 10.4. The highest BCUT2D eigenvalue weighted by Crippen LogP contribution is 2.53. The molecule has 3 aliphatic rings. The van der Waals surface area contributed by atoms with Gasteiger partial charge in [0.05, 0.1) is 6.42 Å². The number of benzene rings is 1. The molecule has 2 aliphatic heterocycles. The van der Waals surface area contributed by atoms with Gasteiger partial charge in [-0.2, -0.15) is 4.57 Å². The van der Waals surface area contributed by atoms with Crippen molar-refractivity contribution in [2.24, 2.45) is 0 Å². The van der Waals surface area contributed by atoms with Crippen LogP contribution in [0, 0.1) is 17.2 Å². The summed E-state index contributed by atoms with van der Waals surface area (Å²) in [5.41, 5.74) is 5.48. The number of hydrogen-bond donors (Lipinski definition) is 0. The fraction of sp³-hybridized carbons (Fsp3) is 0.450. The van der Waals surface area contributed by atoms with E-state index in [1.807, 2.05) is 0 Å². The number of halogens is 1. The summed E-state index contributed by atoms with van der Waals surface area (Å²) in [6.07, 6.45) is 3.07. The van der Waals surface area contributed by atoms with Gasteiger partial charge in [0.15, 0.2) is 23.7 Å². The molecule has 8 heteroatoms. The van der Waals surface area contributed by atoms with E-state index in [0.29, 0.717) is 13.2 Å². The molecule has 28 heavy (non-hydrogen) atoms. The zero-order valence-electron chi connectivity index (χ0n) is 16.1. The van der Waals surface area contributed by atoms with Gasteiger partial charge in [-0.3, -0.25) is 0 Å². The summed E-state index contributed by atoms with van der Waals surface area (Å²) in [6, 6.07) is 13.4. The number of rotatable bonds is 4. The first kappa shape index (κ1) is 21.1. The lowest BCUT2D eigenvalue weighted by Gasteiger charge is -2.48. The number of pyridine rings is 1. The van der Waals surface area contributed by atoms with Crippen molar-refractivity contribution in [1.29, 1.82) is 0 Å². The van der Waals surface area contributed by atoms with E-state index in [-0.39, 0.29) is 12.0 Å². The summed E-state index contributed by atoms with van der Waals surface area (Å²) in [5.74, 6) is -0.417. The van der Waals surface area contributed by atoms with Gasteiger partial charge < -0.3 is 9.47 Å². The molecule has 1 aromatic heterocycles. The standard InChI is InChI=1S/C20H24NO2.ClHO4/c1-4-22-20(23-5-2)13-17-18-14(3)9-8-10-15(18)19(20)16-11-6-7-12-21(16)17;2-1(3,4)5/h6-12,17,19H,4-5,13H2,1-3H3;(H,2,3,4,5)/q+1;/p-1. The van der Waals surface area contributed by atoms with Crippen LogP contribution in [-0.4, -0.2) is 19.0 Å². The summed E-state index contributed by atoms with van der Waals surface area (Å²) in [4.78, 5) is 0. The highest BCUT2D eigenvalue weighted by molar-refractivity contribution is 5.47. The number of ether oxygens (including phenoxy) is 2. The van der Waals surface area contributed by atoms with Crippen LogP contribution in [0.2, 0.25) is 0 Å². The second-order valence-corrected chi connectivity index (χ2v) is 7.58. The van der Waals surface area contributed by atoms with Crippen molar-refractivity contribution in [2.75, 3.05) is 13.2 Å². The van der Waals surface area contributed by atoms with Gasteiger partial charge in [-0.25, -0.2) is 18.6 Å². The van der Waals surface area contributed by atoms with Gasteiger partial charge in [0.2, 0.25) is 0 Å². The molecular formula is C20H24ClNO6. The third-order valence-corrected chi connectivity index (χ3v) is 5.25. The molecule has 2 aromatic rings. The number of fused-ring (bicyclic) bond motifs is 1. The molecule has 152 valence electrons. The van der Waals surface area contributed by atoms with Gasteiger partial charge in [0, 0.05) is 30.9 Å². The van der Waals surface area contributed by atoms with E-state index >= 15 is 0 Å². The summed E-state index contributed by atoms with van der Waals surface area (Å²) < 4.78 is 48.9. The molecule has 7 nitrogen and oxygen atoms in total. The van der Waals surface area contributed by atoms with Gasteiger partial charge in [-0.05, 0) is 31.9 Å². The van der Waals surface area contributed by atoms with Crippen molar-refractivity contribution in [1.82, 2.24) is 0 Å². The van der Waals surface area contributed by atoms with Crippen LogP contribution in [-0.2, 0) is 9.47 Å². The van der Waals surface area contributed by atoms with Gasteiger partial charge in [-0.15, -0.1) is 10.2 Å². The number of nitrogens with zero attached hydrogens (tertiary/aromatic N) is 1. The second kappa shape index (κ2) is 8.04. The first-order valence-electron chi connectivity index (χ1n) is 9.21. The van der Waals surface area contributed by atoms with Crippen LogP contribution in [0.15, 0.2) is 42.6 Å². The van der Waals surface area contributed by atoms with E-state index in [0.717, 1.165) is 6.42 Å². The Bertz CT molecular complexity index is 826. The normalized spacial score (nSPS) is 21.4. The van der Waals surface area contributed by atoms with Gasteiger partial charge >= 0.3 is 0 Å². The maximum atomic E-state index is 8.49. The Hall–Kier alpha value is -1.58. The lowest BCUT2D eigenvalue weighted by Crippen LogP contribution is -2.68. The molecule has 3 heterocycles. The van der Waals surface area contributed by atoms with Crippen LogP contribution in [0.3, 0.4) is 0 Å². The van der Waals surface area contributed by atoms with E-state index in [4.69, 9.17) is 28.1 Å². The molecule has 2 unspecified atom stereocenters. The molecule has 1 aliphatic carbocycles. The molecule has 1 aromatic carbocycles. The van der Waals surface area contributed by atoms with Crippen molar-refractivity contribution in [3.63, 3.8) is 0 Å². The minimum atomic E-state index is -4.94. The van der Waals surface area contributed by atoms with Crippen molar-refractivity contribution in [2.45, 2.75) is 44.9 Å². The van der Waals surface area contributed by atoms with Crippen LogP contribution < -0.4 is 23.2 Å². The molecule has 0 amide bonds. The van der Waals surface area contributed by atoms with Gasteiger partial charge in [0.1, 0.15) is 5.92 Å². The van der Waals surface area contributed by atoms with Gasteiger partial charge in [0.25, 0.3) is 0 Å². The van der Waals surface area contributed by atoms with Crippen molar-refractivity contribution < 1.29 is 42.9 Å². The fourth-order valence-electron chi connectivity index (χ4n) is 4.57. The predicted molar refractivity (Wildman–Crippen MR) is 88.4 cm³/mol. The maximum Gasteiger partial charge on any atom is 0.194 e. The molecular weight excluding hydrogens is 386 g/mol. The molecule has 0 saturated heterocycles.